The van der Waals surface area contributed by atoms with E-state index < -0.39 is 6.10 Å². The fourth-order valence-corrected chi connectivity index (χ4v) is 8.44. The molecular formula is C57H99NO9. The lowest BCUT2D eigenvalue weighted by molar-refractivity contribution is -0.167. The molecule has 1 rings (SSSR count). The van der Waals surface area contributed by atoms with E-state index in [9.17, 15) is 24.0 Å². The molecule has 2 unspecified atom stereocenters. The molecule has 0 spiro atoms. The minimum absolute atomic E-state index is 0.117. The molecule has 0 radical (unpaired) electrons. The Morgan fingerprint density at radius 3 is 1.25 bits per heavy atom. The maximum Gasteiger partial charge on any atom is 0.314 e. The molecule has 0 aromatic heterocycles. The van der Waals surface area contributed by atoms with Crippen molar-refractivity contribution in [2.45, 2.75) is 272 Å². The Balaban J connectivity index is 2.38. The van der Waals surface area contributed by atoms with Crippen molar-refractivity contribution in [3.05, 3.63) is 24.3 Å². The van der Waals surface area contributed by atoms with E-state index in [1.165, 1.54) is 135 Å². The van der Waals surface area contributed by atoms with Crippen LogP contribution in [0.2, 0.25) is 0 Å². The maximum absolute atomic E-state index is 13.1. The smallest absolute Gasteiger partial charge is 0.314 e. The number of benzene rings is 1. The van der Waals surface area contributed by atoms with E-state index in [4.69, 9.17) is 18.9 Å². The summed E-state index contributed by atoms with van der Waals surface area (Å²) in [6.07, 6.45) is 38.8. The number of hydrogen-bond donors (Lipinski definition) is 1. The molecule has 0 aliphatic rings. The molecule has 1 N–H and O–H groups in total. The monoisotopic (exact) mass is 942 g/mol. The number of anilines is 1. The molecule has 0 aliphatic carbocycles. The second kappa shape index (κ2) is 43.8. The zero-order valence-electron chi connectivity index (χ0n) is 43.6. The molecule has 1 aromatic rings. The predicted octanol–water partition coefficient (Wildman–Crippen LogP) is 15.9. The highest BCUT2D eigenvalue weighted by molar-refractivity contribution is 5.88. The van der Waals surface area contributed by atoms with E-state index in [0.717, 1.165) is 83.5 Å². The topological polar surface area (TPSA) is 134 Å². The first-order valence-corrected chi connectivity index (χ1v) is 27.6. The van der Waals surface area contributed by atoms with Crippen LogP contribution < -0.4 is 10.1 Å². The number of carbonyl (C=O) groups excluding carboxylic acids is 5. The van der Waals surface area contributed by atoms with Crippen molar-refractivity contribution in [1.82, 2.24) is 0 Å². The predicted molar refractivity (Wildman–Crippen MR) is 274 cm³/mol. The van der Waals surface area contributed by atoms with Gasteiger partial charge in [-0.25, -0.2) is 0 Å². The van der Waals surface area contributed by atoms with Crippen molar-refractivity contribution in [2.75, 3.05) is 18.5 Å². The standard InChI is InChI=1S/C57H99NO9/c1-6-8-10-12-14-16-18-20-22-24-26-31-35-39-54(60)64-46-53(47-65-55(61)40-36-32-27-25-23-21-19-17-15-13-11-9-7-2)66-56(62)45-48(3)37-33-29-28-30-34-38-49(4)57(63)67-52-43-41-51(42-44-52)58-50(5)59/h41-44,48-49,53H,6-40,45-47H2,1-5H3,(H,58,59). The van der Waals surface area contributed by atoms with Crippen molar-refractivity contribution >= 4 is 35.5 Å². The fourth-order valence-electron chi connectivity index (χ4n) is 8.44. The summed E-state index contributed by atoms with van der Waals surface area (Å²) in [6.45, 7) is 9.65. The van der Waals surface area contributed by atoms with Crippen LogP contribution in [-0.4, -0.2) is 49.1 Å². The SMILES string of the molecule is CCCCCCCCCCCCCCCC(=O)OCC(COC(=O)CCCCCCCCCCCCCCC)OC(=O)CC(C)CCCCCCCC(C)C(=O)Oc1ccc(NC(C)=O)cc1. The summed E-state index contributed by atoms with van der Waals surface area (Å²) in [7, 11) is 0. The van der Waals surface area contributed by atoms with Crippen LogP contribution in [-0.2, 0) is 38.2 Å². The van der Waals surface area contributed by atoms with E-state index in [-0.39, 0.29) is 61.3 Å². The number of nitrogens with one attached hydrogen (secondary N) is 1. The van der Waals surface area contributed by atoms with Crippen molar-refractivity contribution < 1.29 is 42.9 Å². The number of carbonyl (C=O) groups is 5. The van der Waals surface area contributed by atoms with Gasteiger partial charge in [0.25, 0.3) is 0 Å². The van der Waals surface area contributed by atoms with E-state index in [0.29, 0.717) is 24.3 Å². The van der Waals surface area contributed by atoms with Gasteiger partial charge in [0.1, 0.15) is 19.0 Å². The summed E-state index contributed by atoms with van der Waals surface area (Å²) < 4.78 is 22.4. The third-order valence-electron chi connectivity index (χ3n) is 12.8. The summed E-state index contributed by atoms with van der Waals surface area (Å²) >= 11 is 0. The molecule has 0 bridgehead atoms. The minimum atomic E-state index is -0.832. The van der Waals surface area contributed by atoms with E-state index >= 15 is 0 Å². The summed E-state index contributed by atoms with van der Waals surface area (Å²) in [5.41, 5.74) is 0.651. The van der Waals surface area contributed by atoms with Crippen LogP contribution in [0.1, 0.15) is 266 Å². The van der Waals surface area contributed by atoms with Gasteiger partial charge < -0.3 is 24.3 Å². The number of hydrogen-bond acceptors (Lipinski definition) is 9. The molecular weight excluding hydrogens is 843 g/mol. The van der Waals surface area contributed by atoms with Gasteiger partial charge in [0.05, 0.1) is 5.92 Å². The van der Waals surface area contributed by atoms with Crippen molar-refractivity contribution in [2.24, 2.45) is 11.8 Å². The minimum Gasteiger partial charge on any atom is -0.462 e. The van der Waals surface area contributed by atoms with Crippen LogP contribution in [0.25, 0.3) is 0 Å². The number of unbranched alkanes of at least 4 members (excludes halogenated alkanes) is 28. The van der Waals surface area contributed by atoms with Gasteiger partial charge in [-0.05, 0) is 49.4 Å². The lowest BCUT2D eigenvalue weighted by Crippen LogP contribution is -2.31. The van der Waals surface area contributed by atoms with Crippen LogP contribution in [0.3, 0.4) is 0 Å². The molecule has 10 nitrogen and oxygen atoms in total. The average molecular weight is 942 g/mol. The molecule has 0 saturated carbocycles. The first-order chi connectivity index (χ1) is 32.5. The molecule has 386 valence electrons. The zero-order chi connectivity index (χ0) is 49.0. The highest BCUT2D eigenvalue weighted by atomic mass is 16.6. The van der Waals surface area contributed by atoms with Gasteiger partial charge >= 0.3 is 23.9 Å². The third kappa shape index (κ3) is 39.2. The Labute approximate surface area is 409 Å². The molecule has 10 heteroatoms. The molecule has 2 atom stereocenters. The third-order valence-corrected chi connectivity index (χ3v) is 12.8. The number of amides is 1. The van der Waals surface area contributed by atoms with Gasteiger partial charge in [0, 0.05) is 31.9 Å². The van der Waals surface area contributed by atoms with Gasteiger partial charge in [-0.1, -0.05) is 220 Å². The van der Waals surface area contributed by atoms with Crippen molar-refractivity contribution in [1.29, 1.82) is 0 Å². The van der Waals surface area contributed by atoms with E-state index in [1.807, 2.05) is 13.8 Å². The second-order valence-corrected chi connectivity index (χ2v) is 19.6. The summed E-state index contributed by atoms with van der Waals surface area (Å²) in [5, 5.41) is 2.70. The first kappa shape index (κ1) is 61.6. The highest BCUT2D eigenvalue weighted by Gasteiger charge is 2.21. The summed E-state index contributed by atoms with van der Waals surface area (Å²) in [6, 6.07) is 6.76. The van der Waals surface area contributed by atoms with Gasteiger partial charge in [-0.15, -0.1) is 0 Å². The van der Waals surface area contributed by atoms with E-state index in [1.54, 1.807) is 24.3 Å². The highest BCUT2D eigenvalue weighted by Crippen LogP contribution is 2.21. The molecule has 1 amide bonds. The first-order valence-electron chi connectivity index (χ1n) is 27.6. The molecule has 67 heavy (non-hydrogen) atoms. The lowest BCUT2D eigenvalue weighted by Gasteiger charge is -2.19. The Kier molecular flexibility index (Phi) is 40.3. The molecule has 1 aromatic carbocycles. The molecule has 0 fully saturated rings. The molecule has 0 heterocycles. The number of ether oxygens (including phenoxy) is 4. The van der Waals surface area contributed by atoms with Gasteiger partial charge in [-0.2, -0.15) is 0 Å². The molecule has 0 saturated heterocycles. The zero-order valence-corrected chi connectivity index (χ0v) is 43.6. The van der Waals surface area contributed by atoms with Gasteiger partial charge in [0.15, 0.2) is 6.10 Å². The normalized spacial score (nSPS) is 12.1. The Hall–Kier alpha value is -3.43. The molecule has 0 aliphatic heterocycles. The van der Waals surface area contributed by atoms with Gasteiger partial charge in [-0.3, -0.25) is 24.0 Å². The van der Waals surface area contributed by atoms with E-state index in [2.05, 4.69) is 19.2 Å². The Morgan fingerprint density at radius 1 is 0.478 bits per heavy atom. The van der Waals surface area contributed by atoms with Crippen LogP contribution in [0.5, 0.6) is 5.75 Å². The van der Waals surface area contributed by atoms with Gasteiger partial charge in [0.2, 0.25) is 5.91 Å². The quantitative estimate of drug-likeness (QED) is 0.0293. The van der Waals surface area contributed by atoms with Crippen LogP contribution >= 0.6 is 0 Å². The second-order valence-electron chi connectivity index (χ2n) is 19.6. The van der Waals surface area contributed by atoms with Crippen LogP contribution in [0.15, 0.2) is 24.3 Å². The fraction of sp³-hybridized carbons (Fsp3) is 0.807. The average Bonchev–Trinajstić information content (AvgIpc) is 3.30. The Bertz CT molecular complexity index is 1340. The summed E-state index contributed by atoms with van der Waals surface area (Å²) in [4.78, 5) is 62.2. The van der Waals surface area contributed by atoms with Crippen LogP contribution in [0.4, 0.5) is 5.69 Å². The largest absolute Gasteiger partial charge is 0.462 e. The summed E-state index contributed by atoms with van der Waals surface area (Å²) in [5.74, 6) is -1.05. The number of esters is 4. The Morgan fingerprint density at radius 2 is 0.851 bits per heavy atom. The van der Waals surface area contributed by atoms with Crippen molar-refractivity contribution in [3.8, 4) is 5.75 Å². The maximum atomic E-state index is 13.1. The number of rotatable bonds is 46. The van der Waals surface area contributed by atoms with Crippen LogP contribution in [0, 0.1) is 11.8 Å². The lowest BCUT2D eigenvalue weighted by atomic mass is 9.98. The van der Waals surface area contributed by atoms with Crippen molar-refractivity contribution in [3.63, 3.8) is 0 Å².